The van der Waals surface area contributed by atoms with Gasteiger partial charge in [-0.3, -0.25) is 4.79 Å². The fraction of sp³-hybridized carbons (Fsp3) is 0.615. The molecule has 0 spiro atoms. The summed E-state index contributed by atoms with van der Waals surface area (Å²) in [7, 11) is -3.12. The molecule has 2 rings (SSSR count). The highest BCUT2D eigenvalue weighted by atomic mass is 32.2. The fourth-order valence-electron chi connectivity index (χ4n) is 2.56. The molecule has 0 N–H and O–H groups in total. The van der Waals surface area contributed by atoms with E-state index in [1.807, 2.05) is 6.07 Å². The predicted molar refractivity (Wildman–Crippen MR) is 74.6 cm³/mol. The van der Waals surface area contributed by atoms with E-state index in [9.17, 15) is 13.2 Å². The number of hydrogen-bond donors (Lipinski definition) is 0. The second-order valence-corrected chi connectivity index (χ2v) is 7.26. The number of nitrogens with zero attached hydrogens (tertiary/aromatic N) is 2. The van der Waals surface area contributed by atoms with E-state index in [4.69, 9.17) is 0 Å². The van der Waals surface area contributed by atoms with Crippen molar-refractivity contribution >= 4 is 10.0 Å². The molecule has 6 heteroatoms. The average molecular weight is 284 g/mol. The van der Waals surface area contributed by atoms with Crippen LogP contribution in [0.1, 0.15) is 18.4 Å². The molecule has 19 heavy (non-hydrogen) atoms. The zero-order chi connectivity index (χ0) is 14.0. The van der Waals surface area contributed by atoms with Crippen LogP contribution in [-0.2, 0) is 16.6 Å². The van der Waals surface area contributed by atoms with Crippen molar-refractivity contribution in [2.75, 3.05) is 19.3 Å². The van der Waals surface area contributed by atoms with Crippen molar-refractivity contribution in [3.05, 3.63) is 34.2 Å². The Kier molecular flexibility index (Phi) is 4.10. The van der Waals surface area contributed by atoms with Crippen LogP contribution in [0.25, 0.3) is 0 Å². The zero-order valence-corrected chi connectivity index (χ0v) is 12.2. The number of rotatable bonds is 3. The van der Waals surface area contributed by atoms with Gasteiger partial charge >= 0.3 is 0 Å². The summed E-state index contributed by atoms with van der Waals surface area (Å²) in [5.41, 5.74) is 0.734. The lowest BCUT2D eigenvalue weighted by atomic mass is 9.99. The third kappa shape index (κ3) is 3.45. The van der Waals surface area contributed by atoms with Crippen molar-refractivity contribution < 1.29 is 8.42 Å². The van der Waals surface area contributed by atoms with E-state index >= 15 is 0 Å². The van der Waals surface area contributed by atoms with Gasteiger partial charge in [0.05, 0.1) is 6.26 Å². The molecule has 2 heterocycles. The van der Waals surface area contributed by atoms with Gasteiger partial charge in [0.25, 0.3) is 5.56 Å². The van der Waals surface area contributed by atoms with Crippen molar-refractivity contribution in [2.24, 2.45) is 5.92 Å². The quantitative estimate of drug-likeness (QED) is 0.826. The van der Waals surface area contributed by atoms with Crippen LogP contribution in [0.5, 0.6) is 0 Å². The standard InChI is InChI=1S/C13H20N2O3S/c1-11-5-3-7-14(13(11)16)9-12-6-4-8-15(10-12)19(2,17)18/h3,5,7,12H,4,6,8-10H2,1-2H3. The maximum absolute atomic E-state index is 12.0. The largest absolute Gasteiger partial charge is 0.315 e. The molecular formula is C13H20N2O3S. The zero-order valence-electron chi connectivity index (χ0n) is 11.4. The van der Waals surface area contributed by atoms with Crippen molar-refractivity contribution in [3.63, 3.8) is 0 Å². The molecule has 106 valence electrons. The Morgan fingerprint density at radius 2 is 2.16 bits per heavy atom. The SMILES string of the molecule is Cc1cccn(CC2CCCN(S(C)(=O)=O)C2)c1=O. The minimum Gasteiger partial charge on any atom is -0.315 e. The topological polar surface area (TPSA) is 59.4 Å². The summed E-state index contributed by atoms with van der Waals surface area (Å²) in [6.45, 7) is 3.49. The minimum absolute atomic E-state index is 0.0129. The highest BCUT2D eigenvalue weighted by molar-refractivity contribution is 7.88. The first-order chi connectivity index (χ1) is 8.88. The smallest absolute Gasteiger partial charge is 0.253 e. The molecule has 1 aliphatic rings. The summed E-state index contributed by atoms with van der Waals surface area (Å²) in [5, 5.41) is 0. The Morgan fingerprint density at radius 3 is 2.84 bits per heavy atom. The minimum atomic E-state index is -3.12. The molecule has 1 aliphatic heterocycles. The van der Waals surface area contributed by atoms with Gasteiger partial charge in [-0.2, -0.15) is 0 Å². The van der Waals surface area contributed by atoms with Crippen LogP contribution in [-0.4, -0.2) is 36.6 Å². The Bertz CT molecular complexity index is 607. The van der Waals surface area contributed by atoms with Crippen molar-refractivity contribution in [1.82, 2.24) is 8.87 Å². The van der Waals surface area contributed by atoms with Crippen LogP contribution in [0.3, 0.4) is 0 Å². The van der Waals surface area contributed by atoms with Gasteiger partial charge in [0, 0.05) is 31.4 Å². The maximum atomic E-state index is 12.0. The van der Waals surface area contributed by atoms with Crippen molar-refractivity contribution in [2.45, 2.75) is 26.3 Å². The summed E-state index contributed by atoms with van der Waals surface area (Å²) < 4.78 is 26.3. The molecular weight excluding hydrogens is 264 g/mol. The van der Waals surface area contributed by atoms with E-state index in [1.54, 1.807) is 23.8 Å². The molecule has 1 aromatic rings. The Labute approximate surface area is 113 Å². The maximum Gasteiger partial charge on any atom is 0.253 e. The summed E-state index contributed by atoms with van der Waals surface area (Å²) in [6.07, 6.45) is 4.84. The third-order valence-electron chi connectivity index (χ3n) is 3.62. The van der Waals surface area contributed by atoms with Gasteiger partial charge in [-0.05, 0) is 31.7 Å². The van der Waals surface area contributed by atoms with Crippen LogP contribution in [0.2, 0.25) is 0 Å². The molecule has 1 atom stereocenters. The van der Waals surface area contributed by atoms with Gasteiger partial charge in [0.1, 0.15) is 0 Å². The molecule has 0 radical (unpaired) electrons. The van der Waals surface area contributed by atoms with Gasteiger partial charge in [-0.15, -0.1) is 0 Å². The number of sulfonamides is 1. The van der Waals surface area contributed by atoms with Gasteiger partial charge in [-0.1, -0.05) is 6.07 Å². The number of aromatic nitrogens is 1. The van der Waals surface area contributed by atoms with Crippen LogP contribution < -0.4 is 5.56 Å². The highest BCUT2D eigenvalue weighted by Crippen LogP contribution is 2.19. The van der Waals surface area contributed by atoms with E-state index in [0.717, 1.165) is 18.4 Å². The molecule has 1 fully saturated rings. The molecule has 0 aliphatic carbocycles. The van der Waals surface area contributed by atoms with Gasteiger partial charge in [-0.25, -0.2) is 12.7 Å². The Hall–Kier alpha value is -1.14. The Balaban J connectivity index is 2.11. The first-order valence-electron chi connectivity index (χ1n) is 6.49. The molecule has 1 saturated heterocycles. The number of hydrogen-bond acceptors (Lipinski definition) is 3. The van der Waals surface area contributed by atoms with E-state index < -0.39 is 10.0 Å². The van der Waals surface area contributed by atoms with Crippen LogP contribution in [0.4, 0.5) is 0 Å². The van der Waals surface area contributed by atoms with Gasteiger partial charge in [0.2, 0.25) is 10.0 Å². The normalized spacial score (nSPS) is 21.5. The molecule has 0 saturated carbocycles. The molecule has 0 aromatic carbocycles. The third-order valence-corrected chi connectivity index (χ3v) is 4.89. The van der Waals surface area contributed by atoms with E-state index in [0.29, 0.717) is 19.6 Å². The second-order valence-electron chi connectivity index (χ2n) is 5.28. The summed E-state index contributed by atoms with van der Waals surface area (Å²) in [6, 6.07) is 3.65. The molecule has 0 bridgehead atoms. The fourth-order valence-corrected chi connectivity index (χ4v) is 3.50. The summed E-state index contributed by atoms with van der Waals surface area (Å²) >= 11 is 0. The Morgan fingerprint density at radius 1 is 1.42 bits per heavy atom. The van der Waals surface area contributed by atoms with Gasteiger partial charge < -0.3 is 4.57 Å². The average Bonchev–Trinajstić information content (AvgIpc) is 2.34. The predicted octanol–water partition coefficient (Wildman–Crippen LogP) is 0.828. The van der Waals surface area contributed by atoms with Crippen molar-refractivity contribution in [3.8, 4) is 0 Å². The van der Waals surface area contributed by atoms with E-state index in [2.05, 4.69) is 0 Å². The van der Waals surface area contributed by atoms with E-state index in [-0.39, 0.29) is 11.5 Å². The summed E-state index contributed by atoms with van der Waals surface area (Å²) in [5.74, 6) is 0.211. The number of piperidine rings is 1. The van der Waals surface area contributed by atoms with Crippen molar-refractivity contribution in [1.29, 1.82) is 0 Å². The lowest BCUT2D eigenvalue weighted by molar-refractivity contribution is 0.244. The first kappa shape index (κ1) is 14.3. The van der Waals surface area contributed by atoms with Crippen LogP contribution >= 0.6 is 0 Å². The lowest BCUT2D eigenvalue weighted by Gasteiger charge is -2.31. The number of aryl methyl sites for hydroxylation is 1. The number of pyridine rings is 1. The second kappa shape index (κ2) is 5.46. The van der Waals surface area contributed by atoms with E-state index in [1.165, 1.54) is 10.6 Å². The molecule has 0 amide bonds. The highest BCUT2D eigenvalue weighted by Gasteiger charge is 2.26. The van der Waals surface area contributed by atoms with Gasteiger partial charge in [0.15, 0.2) is 0 Å². The van der Waals surface area contributed by atoms with Crippen LogP contribution in [0, 0.1) is 12.8 Å². The van der Waals surface area contributed by atoms with Crippen LogP contribution in [0.15, 0.2) is 23.1 Å². The summed E-state index contributed by atoms with van der Waals surface area (Å²) in [4.78, 5) is 12.0. The first-order valence-corrected chi connectivity index (χ1v) is 8.34. The molecule has 1 unspecified atom stereocenters. The molecule has 5 nitrogen and oxygen atoms in total. The molecule has 1 aromatic heterocycles. The monoisotopic (exact) mass is 284 g/mol. The lowest BCUT2D eigenvalue weighted by Crippen LogP contribution is -2.41.